The molecule has 1 unspecified atom stereocenters. The highest BCUT2D eigenvalue weighted by Crippen LogP contribution is 2.04. The van der Waals surface area contributed by atoms with Gasteiger partial charge in [0.25, 0.3) is 0 Å². The van der Waals surface area contributed by atoms with E-state index in [2.05, 4.69) is 5.32 Å². The van der Waals surface area contributed by atoms with Crippen molar-refractivity contribution in [1.82, 2.24) is 15.1 Å². The molecule has 19 heavy (non-hydrogen) atoms. The van der Waals surface area contributed by atoms with Crippen LogP contribution in [0, 0.1) is 0 Å². The number of amides is 3. The summed E-state index contributed by atoms with van der Waals surface area (Å²) in [6.45, 7) is 3.00. The van der Waals surface area contributed by atoms with Gasteiger partial charge >= 0.3 is 12.0 Å². The van der Waals surface area contributed by atoms with Gasteiger partial charge in [-0.1, -0.05) is 0 Å². The zero-order valence-corrected chi connectivity index (χ0v) is 11.4. The van der Waals surface area contributed by atoms with Crippen molar-refractivity contribution in [2.24, 2.45) is 0 Å². The standard InChI is InChI=1S/C12H21N3O4/c1-9(4-3-5-11(17)18)13-12(19)15-7-6-14(2)10(16)8-15/h9H,3-8H2,1-2H3,(H,13,19)(H,17,18). The maximum absolute atomic E-state index is 11.9. The van der Waals surface area contributed by atoms with Crippen LogP contribution in [0.3, 0.4) is 0 Å². The number of hydrogen-bond donors (Lipinski definition) is 2. The second-order valence-electron chi connectivity index (χ2n) is 4.87. The van der Waals surface area contributed by atoms with E-state index < -0.39 is 5.97 Å². The van der Waals surface area contributed by atoms with E-state index in [9.17, 15) is 14.4 Å². The van der Waals surface area contributed by atoms with Crippen LogP contribution in [-0.2, 0) is 9.59 Å². The van der Waals surface area contributed by atoms with Gasteiger partial charge in [0.15, 0.2) is 0 Å². The molecule has 0 aromatic heterocycles. The first-order chi connectivity index (χ1) is 8.90. The molecule has 0 bridgehead atoms. The third-order valence-electron chi connectivity index (χ3n) is 3.14. The number of rotatable bonds is 5. The molecule has 3 amide bonds. The van der Waals surface area contributed by atoms with Crippen LogP contribution in [-0.4, -0.2) is 65.5 Å². The van der Waals surface area contributed by atoms with E-state index in [4.69, 9.17) is 5.11 Å². The van der Waals surface area contributed by atoms with Crippen molar-refractivity contribution in [3.05, 3.63) is 0 Å². The lowest BCUT2D eigenvalue weighted by atomic mass is 10.1. The lowest BCUT2D eigenvalue weighted by Crippen LogP contribution is -2.54. The van der Waals surface area contributed by atoms with Gasteiger partial charge in [0.05, 0.1) is 0 Å². The molecule has 2 N–H and O–H groups in total. The Bertz CT molecular complexity index is 359. The maximum Gasteiger partial charge on any atom is 0.318 e. The number of carboxylic acid groups (broad SMARTS) is 1. The number of hydrogen-bond acceptors (Lipinski definition) is 3. The SMILES string of the molecule is CC(CCCC(=O)O)NC(=O)N1CCN(C)C(=O)C1. The van der Waals surface area contributed by atoms with E-state index in [0.717, 1.165) is 0 Å². The molecule has 0 aromatic rings. The molecular weight excluding hydrogens is 250 g/mol. The number of urea groups is 1. The van der Waals surface area contributed by atoms with Crippen LogP contribution < -0.4 is 5.32 Å². The molecule has 108 valence electrons. The Labute approximate surface area is 112 Å². The number of carbonyl (C=O) groups is 3. The van der Waals surface area contributed by atoms with Crippen molar-refractivity contribution in [1.29, 1.82) is 0 Å². The molecule has 1 heterocycles. The summed E-state index contributed by atoms with van der Waals surface area (Å²) in [6.07, 6.45) is 1.24. The number of nitrogens with zero attached hydrogens (tertiary/aromatic N) is 2. The summed E-state index contributed by atoms with van der Waals surface area (Å²) in [6, 6.07) is -0.356. The zero-order chi connectivity index (χ0) is 14.4. The van der Waals surface area contributed by atoms with Gasteiger partial charge in [0.2, 0.25) is 5.91 Å². The van der Waals surface area contributed by atoms with Crippen LogP contribution >= 0.6 is 0 Å². The fraction of sp³-hybridized carbons (Fsp3) is 0.750. The van der Waals surface area contributed by atoms with Crippen LogP contribution in [0.4, 0.5) is 4.79 Å². The molecule has 0 aliphatic carbocycles. The minimum Gasteiger partial charge on any atom is -0.481 e. The Morgan fingerprint density at radius 3 is 2.68 bits per heavy atom. The van der Waals surface area contributed by atoms with E-state index in [0.29, 0.717) is 25.9 Å². The molecule has 7 nitrogen and oxygen atoms in total. The predicted molar refractivity (Wildman–Crippen MR) is 68.7 cm³/mol. The average molecular weight is 271 g/mol. The molecule has 0 aromatic carbocycles. The fourth-order valence-corrected chi connectivity index (χ4v) is 1.87. The van der Waals surface area contributed by atoms with Gasteiger partial charge in [-0.15, -0.1) is 0 Å². The molecule has 0 radical (unpaired) electrons. The highest BCUT2D eigenvalue weighted by molar-refractivity contribution is 5.85. The molecule has 1 saturated heterocycles. The Kier molecular flexibility index (Phi) is 5.59. The lowest BCUT2D eigenvalue weighted by Gasteiger charge is -2.32. The Morgan fingerprint density at radius 1 is 1.42 bits per heavy atom. The van der Waals surface area contributed by atoms with E-state index in [1.54, 1.807) is 11.9 Å². The number of likely N-dealkylation sites (N-methyl/N-ethyl adjacent to an activating group) is 1. The van der Waals surface area contributed by atoms with Gasteiger partial charge in [-0.25, -0.2) is 4.79 Å². The monoisotopic (exact) mass is 271 g/mol. The number of nitrogens with one attached hydrogen (secondary N) is 1. The van der Waals surface area contributed by atoms with E-state index in [1.807, 2.05) is 6.92 Å². The predicted octanol–water partition coefficient (Wildman–Crippen LogP) is 0.113. The van der Waals surface area contributed by atoms with Crippen molar-refractivity contribution >= 4 is 17.9 Å². The van der Waals surface area contributed by atoms with Gasteiger partial charge in [0.1, 0.15) is 6.54 Å². The first kappa shape index (κ1) is 15.3. The molecule has 1 aliphatic rings. The molecule has 0 spiro atoms. The van der Waals surface area contributed by atoms with Crippen molar-refractivity contribution in [3.8, 4) is 0 Å². The van der Waals surface area contributed by atoms with Crippen molar-refractivity contribution in [3.63, 3.8) is 0 Å². The number of carboxylic acids is 1. The first-order valence-electron chi connectivity index (χ1n) is 6.41. The minimum absolute atomic E-state index is 0.0695. The summed E-state index contributed by atoms with van der Waals surface area (Å²) in [5, 5.41) is 11.3. The summed E-state index contributed by atoms with van der Waals surface area (Å²) in [5.41, 5.74) is 0. The van der Waals surface area contributed by atoms with E-state index in [-0.39, 0.29) is 30.9 Å². The van der Waals surface area contributed by atoms with Crippen LogP contribution in [0.15, 0.2) is 0 Å². The largest absolute Gasteiger partial charge is 0.481 e. The smallest absolute Gasteiger partial charge is 0.318 e. The van der Waals surface area contributed by atoms with Crippen molar-refractivity contribution in [2.45, 2.75) is 32.2 Å². The third kappa shape index (κ3) is 5.15. The summed E-state index contributed by atoms with van der Waals surface area (Å²) in [7, 11) is 1.71. The van der Waals surface area contributed by atoms with Crippen LogP contribution in [0.25, 0.3) is 0 Å². The molecule has 1 fully saturated rings. The molecule has 0 saturated carbocycles. The quantitative estimate of drug-likeness (QED) is 0.743. The fourth-order valence-electron chi connectivity index (χ4n) is 1.87. The Morgan fingerprint density at radius 2 is 2.11 bits per heavy atom. The second-order valence-corrected chi connectivity index (χ2v) is 4.87. The molecule has 1 aliphatic heterocycles. The molecular formula is C12H21N3O4. The van der Waals surface area contributed by atoms with Gasteiger partial charge in [-0.05, 0) is 19.8 Å². The summed E-state index contributed by atoms with van der Waals surface area (Å²) in [4.78, 5) is 36.8. The lowest BCUT2D eigenvalue weighted by molar-refractivity contribution is -0.137. The van der Waals surface area contributed by atoms with E-state index in [1.165, 1.54) is 4.90 Å². The normalized spacial score (nSPS) is 17.3. The second kappa shape index (κ2) is 6.96. The van der Waals surface area contributed by atoms with Crippen LogP contribution in [0.5, 0.6) is 0 Å². The van der Waals surface area contributed by atoms with Gasteiger partial charge in [0, 0.05) is 32.6 Å². The summed E-state index contributed by atoms with van der Waals surface area (Å²) < 4.78 is 0. The highest BCUT2D eigenvalue weighted by Gasteiger charge is 2.25. The summed E-state index contributed by atoms with van der Waals surface area (Å²) >= 11 is 0. The maximum atomic E-state index is 11.9. The highest BCUT2D eigenvalue weighted by atomic mass is 16.4. The number of aliphatic carboxylic acids is 1. The van der Waals surface area contributed by atoms with Gasteiger partial charge in [-0.3, -0.25) is 9.59 Å². The number of carbonyl (C=O) groups excluding carboxylic acids is 2. The topological polar surface area (TPSA) is 89.9 Å². The first-order valence-corrected chi connectivity index (χ1v) is 6.41. The molecule has 1 rings (SSSR count). The number of piperazine rings is 1. The van der Waals surface area contributed by atoms with Gasteiger partial charge in [-0.2, -0.15) is 0 Å². The summed E-state index contributed by atoms with van der Waals surface area (Å²) in [5.74, 6) is -0.900. The Balaban J connectivity index is 2.30. The van der Waals surface area contributed by atoms with Crippen LogP contribution in [0.1, 0.15) is 26.2 Å². The van der Waals surface area contributed by atoms with Crippen LogP contribution in [0.2, 0.25) is 0 Å². The Hall–Kier alpha value is -1.79. The molecule has 7 heteroatoms. The zero-order valence-electron chi connectivity index (χ0n) is 11.4. The van der Waals surface area contributed by atoms with Crippen molar-refractivity contribution in [2.75, 3.05) is 26.7 Å². The molecule has 1 atom stereocenters. The third-order valence-corrected chi connectivity index (χ3v) is 3.14. The van der Waals surface area contributed by atoms with E-state index >= 15 is 0 Å². The van der Waals surface area contributed by atoms with Gasteiger partial charge < -0.3 is 20.2 Å². The minimum atomic E-state index is -0.830. The van der Waals surface area contributed by atoms with Crippen molar-refractivity contribution < 1.29 is 19.5 Å². The average Bonchev–Trinajstić information content (AvgIpc) is 2.32.